The molecule has 0 fully saturated rings. The molecular weight excluding hydrogens is 244 g/mol. The molecule has 1 rings (SSSR count). The van der Waals surface area contributed by atoms with Gasteiger partial charge < -0.3 is 4.90 Å². The molecular formula is C13H20N4O2. The van der Waals surface area contributed by atoms with Crippen molar-refractivity contribution in [3.8, 4) is 0 Å². The van der Waals surface area contributed by atoms with Gasteiger partial charge >= 0.3 is 0 Å². The quantitative estimate of drug-likeness (QED) is 0.363. The van der Waals surface area contributed by atoms with Gasteiger partial charge in [-0.15, -0.1) is 0 Å². The number of carbonyl (C=O) groups excluding carboxylic acids is 2. The Kier molecular flexibility index (Phi) is 5.14. The van der Waals surface area contributed by atoms with Gasteiger partial charge in [-0.1, -0.05) is 0 Å². The van der Waals surface area contributed by atoms with E-state index in [0.717, 1.165) is 5.01 Å². The van der Waals surface area contributed by atoms with Crippen molar-refractivity contribution in [1.82, 2.24) is 14.9 Å². The number of hydrogen-bond acceptors (Lipinski definition) is 5. The van der Waals surface area contributed by atoms with E-state index >= 15 is 0 Å². The molecule has 0 radical (unpaired) electrons. The minimum Gasteiger partial charge on any atom is -0.307 e. The zero-order chi connectivity index (χ0) is 14.6. The Labute approximate surface area is 113 Å². The van der Waals surface area contributed by atoms with Crippen LogP contribution in [-0.2, 0) is 0 Å². The summed E-state index contributed by atoms with van der Waals surface area (Å²) in [6.45, 7) is 3.86. The SMILES string of the molecule is CC(=O)c1ncccc1C(=O)N(N)C(C)CN(C)C. The number of Topliss-reactive ketones (excluding diaryl/α,β-unsaturated/α-hetero) is 1. The van der Waals surface area contributed by atoms with Crippen LogP contribution in [0.2, 0.25) is 0 Å². The third kappa shape index (κ3) is 3.84. The first-order valence-electron chi connectivity index (χ1n) is 6.03. The van der Waals surface area contributed by atoms with Crippen LogP contribution in [0.3, 0.4) is 0 Å². The minimum absolute atomic E-state index is 0.153. The van der Waals surface area contributed by atoms with E-state index in [4.69, 9.17) is 5.84 Å². The predicted octanol–water partition coefficient (Wildman–Crippen LogP) is 0.550. The molecule has 2 N–H and O–H groups in total. The van der Waals surface area contributed by atoms with Gasteiger partial charge in [0.2, 0.25) is 0 Å². The lowest BCUT2D eigenvalue weighted by atomic mass is 10.1. The number of likely N-dealkylation sites (N-methyl/N-ethyl adjacent to an activating group) is 1. The molecule has 1 amide bonds. The number of nitrogens with two attached hydrogens (primary N) is 1. The van der Waals surface area contributed by atoms with E-state index in [1.807, 2.05) is 25.9 Å². The Morgan fingerprint density at radius 3 is 2.58 bits per heavy atom. The van der Waals surface area contributed by atoms with E-state index in [0.29, 0.717) is 6.54 Å². The Morgan fingerprint density at radius 1 is 1.42 bits per heavy atom. The van der Waals surface area contributed by atoms with Gasteiger partial charge in [0.15, 0.2) is 5.78 Å². The van der Waals surface area contributed by atoms with Gasteiger partial charge in [0.25, 0.3) is 5.91 Å². The van der Waals surface area contributed by atoms with Crippen molar-refractivity contribution in [1.29, 1.82) is 0 Å². The third-order valence-corrected chi connectivity index (χ3v) is 2.71. The summed E-state index contributed by atoms with van der Waals surface area (Å²) in [6.07, 6.45) is 1.48. The van der Waals surface area contributed by atoms with Gasteiger partial charge in [-0.2, -0.15) is 0 Å². The van der Waals surface area contributed by atoms with Crippen LogP contribution in [0.4, 0.5) is 0 Å². The highest BCUT2D eigenvalue weighted by Crippen LogP contribution is 2.10. The summed E-state index contributed by atoms with van der Waals surface area (Å²) >= 11 is 0. The number of hydrazine groups is 1. The van der Waals surface area contributed by atoms with Crippen LogP contribution >= 0.6 is 0 Å². The van der Waals surface area contributed by atoms with Crippen molar-refractivity contribution in [2.45, 2.75) is 19.9 Å². The second kappa shape index (κ2) is 6.40. The summed E-state index contributed by atoms with van der Waals surface area (Å²) in [5, 5.41) is 1.14. The molecule has 1 aromatic rings. The fourth-order valence-corrected chi connectivity index (χ4v) is 1.81. The molecule has 1 heterocycles. The van der Waals surface area contributed by atoms with Crippen LogP contribution in [0.1, 0.15) is 34.7 Å². The van der Waals surface area contributed by atoms with E-state index < -0.39 is 5.91 Å². The standard InChI is InChI=1S/C13H20N4O2/c1-9(8-16(3)4)17(14)13(19)11-6-5-7-15-12(11)10(2)18/h5-7,9H,8,14H2,1-4H3. The molecule has 1 atom stereocenters. The lowest BCUT2D eigenvalue weighted by molar-refractivity contribution is 0.0661. The highest BCUT2D eigenvalue weighted by atomic mass is 16.2. The maximum Gasteiger partial charge on any atom is 0.270 e. The van der Waals surface area contributed by atoms with Crippen molar-refractivity contribution in [3.63, 3.8) is 0 Å². The Hall–Kier alpha value is -1.79. The van der Waals surface area contributed by atoms with Crippen molar-refractivity contribution in [2.24, 2.45) is 5.84 Å². The van der Waals surface area contributed by atoms with Crippen LogP contribution in [0.15, 0.2) is 18.3 Å². The number of aromatic nitrogens is 1. The van der Waals surface area contributed by atoms with E-state index in [2.05, 4.69) is 4.98 Å². The minimum atomic E-state index is -0.396. The Balaban J connectivity index is 2.97. The highest BCUT2D eigenvalue weighted by molar-refractivity contribution is 6.05. The first kappa shape index (κ1) is 15.3. The van der Waals surface area contributed by atoms with Crippen molar-refractivity contribution in [3.05, 3.63) is 29.6 Å². The summed E-state index contributed by atoms with van der Waals surface area (Å²) in [5.74, 6) is 5.18. The van der Waals surface area contributed by atoms with E-state index in [1.54, 1.807) is 12.1 Å². The number of rotatable bonds is 5. The molecule has 6 heteroatoms. The number of nitrogens with zero attached hydrogens (tertiary/aromatic N) is 3. The molecule has 1 aromatic heterocycles. The zero-order valence-electron chi connectivity index (χ0n) is 11.8. The van der Waals surface area contributed by atoms with E-state index in [-0.39, 0.29) is 23.1 Å². The maximum absolute atomic E-state index is 12.3. The molecule has 0 aromatic carbocycles. The third-order valence-electron chi connectivity index (χ3n) is 2.71. The van der Waals surface area contributed by atoms with Gasteiger partial charge in [-0.25, -0.2) is 5.84 Å². The molecule has 0 saturated heterocycles. The molecule has 0 aliphatic rings. The fourth-order valence-electron chi connectivity index (χ4n) is 1.81. The smallest absolute Gasteiger partial charge is 0.270 e. The van der Waals surface area contributed by atoms with Crippen molar-refractivity contribution < 1.29 is 9.59 Å². The molecule has 0 saturated carbocycles. The summed E-state index contributed by atoms with van der Waals surface area (Å²) in [5.41, 5.74) is 0.392. The molecule has 0 aliphatic heterocycles. The molecule has 19 heavy (non-hydrogen) atoms. The summed E-state index contributed by atoms with van der Waals surface area (Å²) in [7, 11) is 3.81. The van der Waals surface area contributed by atoms with Gasteiger partial charge in [0.05, 0.1) is 11.6 Å². The molecule has 6 nitrogen and oxygen atoms in total. The molecule has 104 valence electrons. The average Bonchev–Trinajstić information content (AvgIpc) is 2.36. The first-order valence-corrected chi connectivity index (χ1v) is 6.03. The molecule has 1 unspecified atom stereocenters. The van der Waals surface area contributed by atoms with Crippen molar-refractivity contribution in [2.75, 3.05) is 20.6 Å². The largest absolute Gasteiger partial charge is 0.307 e. The van der Waals surface area contributed by atoms with E-state index in [9.17, 15) is 9.59 Å². The maximum atomic E-state index is 12.3. The lowest BCUT2D eigenvalue weighted by Gasteiger charge is -2.27. The summed E-state index contributed by atoms with van der Waals surface area (Å²) < 4.78 is 0. The van der Waals surface area contributed by atoms with Crippen molar-refractivity contribution >= 4 is 11.7 Å². The van der Waals surface area contributed by atoms with Gasteiger partial charge in [-0.3, -0.25) is 19.6 Å². The van der Waals surface area contributed by atoms with Gasteiger partial charge in [-0.05, 0) is 33.2 Å². The number of amides is 1. The molecule has 0 spiro atoms. The van der Waals surface area contributed by atoms with Gasteiger partial charge in [0, 0.05) is 19.7 Å². The van der Waals surface area contributed by atoms with E-state index in [1.165, 1.54) is 13.1 Å². The van der Waals surface area contributed by atoms with Crippen LogP contribution in [0.25, 0.3) is 0 Å². The van der Waals surface area contributed by atoms with Crippen LogP contribution in [0, 0.1) is 0 Å². The first-order chi connectivity index (χ1) is 8.84. The fraction of sp³-hybridized carbons (Fsp3) is 0.462. The number of hydrogen-bond donors (Lipinski definition) is 1. The summed E-state index contributed by atoms with van der Waals surface area (Å²) in [4.78, 5) is 29.6. The monoisotopic (exact) mass is 264 g/mol. The highest BCUT2D eigenvalue weighted by Gasteiger charge is 2.23. The topological polar surface area (TPSA) is 79.5 Å². The summed E-state index contributed by atoms with van der Waals surface area (Å²) in [6, 6.07) is 3.01. The number of pyridine rings is 1. The zero-order valence-corrected chi connectivity index (χ0v) is 11.8. The Morgan fingerprint density at radius 2 is 2.05 bits per heavy atom. The number of ketones is 1. The number of carbonyl (C=O) groups is 2. The predicted molar refractivity (Wildman–Crippen MR) is 72.6 cm³/mol. The Bertz CT molecular complexity index is 473. The second-order valence-electron chi connectivity index (χ2n) is 4.78. The lowest BCUT2D eigenvalue weighted by Crippen LogP contribution is -2.48. The molecule has 0 bridgehead atoms. The molecule has 0 aliphatic carbocycles. The second-order valence-corrected chi connectivity index (χ2v) is 4.78. The average molecular weight is 264 g/mol. The normalized spacial score (nSPS) is 12.3. The van der Waals surface area contributed by atoms with Gasteiger partial charge in [0.1, 0.15) is 5.69 Å². The van der Waals surface area contributed by atoms with Crippen LogP contribution in [-0.4, -0.2) is 53.3 Å². The van der Waals surface area contributed by atoms with Crippen LogP contribution in [0.5, 0.6) is 0 Å². The van der Waals surface area contributed by atoms with Crippen LogP contribution < -0.4 is 5.84 Å².